The molecule has 0 spiro atoms. The number of aliphatic hydroxyl groups is 6. The number of oxazole rings is 2. The van der Waals surface area contributed by atoms with Crippen molar-refractivity contribution in [2.24, 2.45) is 69.5 Å². The second-order valence-electron chi connectivity index (χ2n) is 43.3. The van der Waals surface area contributed by atoms with Gasteiger partial charge in [-0.1, -0.05) is 227 Å². The fraction of sp³-hybridized carbons (Fsp3) is 0.689. The summed E-state index contributed by atoms with van der Waals surface area (Å²) in [6.45, 7) is 59.4. The fourth-order valence-corrected chi connectivity index (χ4v) is 25.8. The van der Waals surface area contributed by atoms with Crippen LogP contribution in [0.4, 0.5) is 0 Å². The third kappa shape index (κ3) is 21.7. The second-order valence-corrected chi connectivity index (χ2v) is 52.8. The molecule has 11 aliphatic rings. The van der Waals surface area contributed by atoms with Gasteiger partial charge in [0.25, 0.3) is 0 Å². The molecule has 15 heteroatoms. The highest BCUT2D eigenvalue weighted by Crippen LogP contribution is 2.64. The average Bonchev–Trinajstić information content (AvgIpc) is 1.62. The van der Waals surface area contributed by atoms with Gasteiger partial charge < -0.3 is 48.3 Å². The van der Waals surface area contributed by atoms with E-state index in [1.165, 1.54) is 88.2 Å². The Morgan fingerprint density at radius 2 is 0.851 bits per heavy atom. The number of aryl methyl sites for hydroxylation is 2. The normalized spacial score (nSPS) is 34.1. The van der Waals surface area contributed by atoms with Crippen LogP contribution < -0.4 is 0 Å². The van der Waals surface area contributed by atoms with Gasteiger partial charge in [-0.15, -0.1) is 0 Å². The molecule has 2 aromatic rings. The summed E-state index contributed by atoms with van der Waals surface area (Å²) in [4.78, 5) is 20.1. The summed E-state index contributed by atoms with van der Waals surface area (Å²) in [7, 11) is -4.05. The summed E-state index contributed by atoms with van der Waals surface area (Å²) in [5, 5.41) is 63.4. The molecule has 13 rings (SSSR count). The van der Waals surface area contributed by atoms with E-state index in [-0.39, 0.29) is 56.8 Å². The quantitative estimate of drug-likeness (QED) is 0.0224. The Hall–Kier alpha value is -5.18. The van der Waals surface area contributed by atoms with Crippen molar-refractivity contribution >= 4 is 22.9 Å². The van der Waals surface area contributed by atoms with E-state index in [9.17, 15) is 35.4 Å². The van der Waals surface area contributed by atoms with Gasteiger partial charge in [0.15, 0.2) is 16.6 Å². The largest absolute Gasteiger partial charge is 0.445 e. The van der Waals surface area contributed by atoms with Crippen LogP contribution in [0.15, 0.2) is 176 Å². The molecular formula is C106H164N2O11Si2. The number of hydrogen-bond acceptors (Lipinski definition) is 13. The van der Waals surface area contributed by atoms with Crippen molar-refractivity contribution in [3.05, 3.63) is 191 Å². The predicted octanol–water partition coefficient (Wildman–Crippen LogP) is 24.9. The maximum atomic E-state index is 11.2. The van der Waals surface area contributed by atoms with Gasteiger partial charge in [-0.2, -0.15) is 0 Å². The molecule has 11 fully saturated rings. The zero-order valence-electron chi connectivity index (χ0n) is 77.6. The van der Waals surface area contributed by atoms with E-state index in [0.717, 1.165) is 147 Å². The molecule has 672 valence electrons. The molecule has 20 atom stereocenters. The van der Waals surface area contributed by atoms with Gasteiger partial charge in [0.1, 0.15) is 17.8 Å². The number of carbonyl (C=O) groups is 1. The molecule has 0 aromatic carbocycles. The first kappa shape index (κ1) is 98.0. The predicted molar refractivity (Wildman–Crippen MR) is 503 cm³/mol. The summed E-state index contributed by atoms with van der Waals surface area (Å²) in [5.41, 5.74) is 11.4. The number of aliphatic hydroxyl groups excluding tert-OH is 6. The van der Waals surface area contributed by atoms with E-state index in [1.54, 1.807) is 11.6 Å². The lowest BCUT2D eigenvalue weighted by molar-refractivity contribution is -0.104. The minimum atomic E-state index is -2.03. The van der Waals surface area contributed by atoms with Crippen molar-refractivity contribution in [3.8, 4) is 0 Å². The first-order valence-electron chi connectivity index (χ1n) is 47.3. The molecule has 0 radical (unpaired) electrons. The summed E-state index contributed by atoms with van der Waals surface area (Å²) < 4.78 is 26.3. The Bertz CT molecular complexity index is 4000. The highest BCUT2D eigenvalue weighted by molar-refractivity contribution is 6.74. The Labute approximate surface area is 734 Å². The number of nitrogens with zero attached hydrogens (tertiary/aromatic N) is 2. The molecule has 0 saturated heterocycles. The number of allylic oxidation sites excluding steroid dienone is 13. The zero-order chi connectivity index (χ0) is 87.5. The van der Waals surface area contributed by atoms with Crippen LogP contribution in [0, 0.1) is 69.5 Å². The van der Waals surface area contributed by atoms with Crippen LogP contribution in [-0.2, 0) is 37.3 Å². The Balaban J connectivity index is 0.000000190. The first-order chi connectivity index (χ1) is 56.5. The molecule has 6 N–H and O–H groups in total. The molecule has 0 bridgehead atoms. The molecule has 121 heavy (non-hydrogen) atoms. The van der Waals surface area contributed by atoms with Crippen LogP contribution in [0.5, 0.6) is 0 Å². The third-order valence-corrected chi connectivity index (χ3v) is 42.3. The van der Waals surface area contributed by atoms with Crippen molar-refractivity contribution in [1.29, 1.82) is 0 Å². The van der Waals surface area contributed by atoms with Crippen LogP contribution in [0.2, 0.25) is 36.3 Å². The lowest BCUT2D eigenvalue weighted by atomic mass is 9.61. The molecule has 2 heterocycles. The first-order valence-corrected chi connectivity index (χ1v) is 53.1. The fourth-order valence-electron chi connectivity index (χ4n) is 23.2. The number of aromatic nitrogens is 2. The number of hydrogen-bond donors (Lipinski definition) is 6. The van der Waals surface area contributed by atoms with Crippen molar-refractivity contribution in [1.82, 2.24) is 9.97 Å². The molecule has 11 saturated carbocycles. The molecule has 0 amide bonds. The minimum absolute atomic E-state index is 0. The van der Waals surface area contributed by atoms with E-state index in [2.05, 4.69) is 214 Å². The Kier molecular flexibility index (Phi) is 32.4. The summed E-state index contributed by atoms with van der Waals surface area (Å²) in [5.74, 6) is 7.95. The van der Waals surface area contributed by atoms with Crippen molar-refractivity contribution in [2.45, 2.75) is 393 Å². The highest BCUT2D eigenvalue weighted by atomic mass is 28.4. The summed E-state index contributed by atoms with van der Waals surface area (Å²) >= 11 is 0. The Morgan fingerprint density at radius 1 is 0.504 bits per heavy atom. The van der Waals surface area contributed by atoms with Crippen LogP contribution in [0.25, 0.3) is 0 Å². The highest BCUT2D eigenvalue weighted by Gasteiger charge is 2.58. The van der Waals surface area contributed by atoms with Crippen molar-refractivity contribution in [2.75, 3.05) is 0 Å². The molecule has 0 aliphatic heterocycles. The van der Waals surface area contributed by atoms with Gasteiger partial charge in [-0.3, -0.25) is 4.79 Å². The maximum Gasteiger partial charge on any atom is 0.203 e. The number of unbranched alkanes of at least 4 members (excludes halogenated alkanes) is 2. The molecule has 0 unspecified atom stereocenters. The zero-order valence-corrected chi connectivity index (χ0v) is 79.6. The van der Waals surface area contributed by atoms with Crippen molar-refractivity contribution < 1.29 is 53.1 Å². The van der Waals surface area contributed by atoms with Crippen LogP contribution >= 0.6 is 0 Å². The topological polar surface area (TPSA) is 209 Å². The van der Waals surface area contributed by atoms with Gasteiger partial charge >= 0.3 is 0 Å². The maximum absolute atomic E-state index is 11.2. The summed E-state index contributed by atoms with van der Waals surface area (Å²) in [6, 6.07) is 0. The van der Waals surface area contributed by atoms with Gasteiger partial charge in [-0.25, -0.2) is 9.97 Å². The Morgan fingerprint density at radius 3 is 1.18 bits per heavy atom. The van der Waals surface area contributed by atoms with Crippen molar-refractivity contribution in [3.63, 3.8) is 0 Å². The van der Waals surface area contributed by atoms with E-state index >= 15 is 0 Å². The molecular weight excluding hydrogens is 1530 g/mol. The van der Waals surface area contributed by atoms with Gasteiger partial charge in [0.05, 0.1) is 72.1 Å². The molecule has 2 aromatic heterocycles. The van der Waals surface area contributed by atoms with E-state index in [4.69, 9.17) is 17.7 Å². The smallest absolute Gasteiger partial charge is 0.203 e. The monoisotopic (exact) mass is 1700 g/mol. The molecule has 13 nitrogen and oxygen atoms in total. The standard InChI is InChI=1S/C37H62O3Si2.2C34H49NO4.CH4/c1-26(17-16-24-38)31-21-22-32-29(18-15-23-37(31,32)10)19-20-30-27(2)33(39-41(11,12)35(4,5)6)25-34(28(30)3)40-42(13,14)36(7,8)9;2*1-5-6-9-27-21-35-32(39-27)34(17-18-34)31(38)15-10-22(2)28-13-14-29-24(8-7-16-33(28,29)4)11-12-25-19-26(36)20-30(37)23(25)3;/h16-17,19-20,24,26,31-34H,2-3,15,18,21-23,25H2,1,4-14H3;2*10-12,15,21-22,26,28-31,36-38H,3,5-9,13-14,16-20H2,1-2,4H3;1H4/b17-16+,29-19+;2*15-10+,24-11+,25-12-;/t26-,31+,32-,33-,34-,37+;22-,26+,28+,29-,30-,31+,33+;22-,26+,28+,29-,30-,31-,33+;/m000./s1. The lowest BCUT2D eigenvalue weighted by Gasteiger charge is -2.46. The van der Waals surface area contributed by atoms with E-state index in [0.29, 0.717) is 90.7 Å². The van der Waals surface area contributed by atoms with Gasteiger partial charge in [0, 0.05) is 32.1 Å². The minimum Gasteiger partial charge on any atom is -0.445 e. The summed E-state index contributed by atoms with van der Waals surface area (Å²) in [6.07, 6.45) is 57.7. The number of carbonyl (C=O) groups excluding carboxylic acids is 1. The van der Waals surface area contributed by atoms with Gasteiger partial charge in [0.2, 0.25) is 11.8 Å². The number of aldehydes is 1. The van der Waals surface area contributed by atoms with Gasteiger partial charge in [-0.05, 0) is 299 Å². The lowest BCUT2D eigenvalue weighted by Crippen LogP contribution is -2.50. The second kappa shape index (κ2) is 40.0. The SMILES string of the molecule is C.C=C1/C(=C\C=C2/CCC[C@]3(C)[C@@H]([C@@H](C)/C=C/[C@@H](O)C4(c5ncc(CCCC)o5)CC4)CC[C@@H]23)C[C@@H](O)C[C@@H]1O.C=C1/C(=C\C=C2/CCC[C@]3(C)[C@@H]([C@@H](C)/C=C/[C@H](O)C4(c5ncc(CCCC)o5)CC4)CC[C@@H]23)C[C@@H](O)C[C@@H]1O.C=C1C(=C/C=C2\CCC[C@]3(C)[C@@H]([C@@H](C)/C=C/C=O)CC[C@@H]23)C(=C)[C@@H](O[Si](C)(C)C(C)(C)C)C[C@@H]1O[Si](C)(C)C(C)(C)C. The van der Waals surface area contributed by atoms with E-state index in [1.807, 2.05) is 24.5 Å². The van der Waals surface area contributed by atoms with Crippen LogP contribution in [0.1, 0.15) is 307 Å². The average molecular weight is 1700 g/mol. The third-order valence-electron chi connectivity index (χ3n) is 33.3. The number of rotatable bonds is 26. The van der Waals surface area contributed by atoms with Crippen LogP contribution in [0.3, 0.4) is 0 Å². The van der Waals surface area contributed by atoms with E-state index < -0.39 is 53.3 Å². The number of fused-ring (bicyclic) bond motifs is 3. The molecule has 11 aliphatic carbocycles. The van der Waals surface area contributed by atoms with Crippen LogP contribution in [-0.4, -0.2) is 112 Å².